The summed E-state index contributed by atoms with van der Waals surface area (Å²) in [5, 5.41) is 0. The maximum atomic E-state index is 12.4. The third-order valence-corrected chi connectivity index (χ3v) is 4.69. The van der Waals surface area contributed by atoms with E-state index in [2.05, 4.69) is 35.6 Å². The van der Waals surface area contributed by atoms with Crippen LogP contribution in [0.15, 0.2) is 36.7 Å². The predicted octanol–water partition coefficient (Wildman–Crippen LogP) is 3.66. The normalized spacial score (nSPS) is 17.3. The molecule has 1 atom stereocenters. The minimum absolute atomic E-state index is 0.154. The molecule has 0 radical (unpaired) electrons. The van der Waals surface area contributed by atoms with E-state index >= 15 is 0 Å². The predicted molar refractivity (Wildman–Crippen MR) is 106 cm³/mol. The van der Waals surface area contributed by atoms with Gasteiger partial charge < -0.3 is 14.5 Å². The van der Waals surface area contributed by atoms with E-state index in [1.165, 1.54) is 6.33 Å². The number of carbonyl (C=O) groups excluding carboxylic acids is 1. The summed E-state index contributed by atoms with van der Waals surface area (Å²) in [7, 11) is 0. The van der Waals surface area contributed by atoms with Crippen LogP contribution in [-0.4, -0.2) is 46.5 Å². The Hall–Kier alpha value is -2.63. The van der Waals surface area contributed by atoms with Gasteiger partial charge in [-0.2, -0.15) is 0 Å². The highest BCUT2D eigenvalue weighted by Gasteiger charge is 2.28. The van der Waals surface area contributed by atoms with Crippen LogP contribution in [0.4, 0.5) is 5.82 Å². The van der Waals surface area contributed by atoms with E-state index in [-0.39, 0.29) is 11.9 Å². The second-order valence-electron chi connectivity index (χ2n) is 7.61. The van der Waals surface area contributed by atoms with Crippen LogP contribution in [0, 0.1) is 12.8 Å². The molecule has 0 saturated carbocycles. The molecule has 1 fully saturated rings. The van der Waals surface area contributed by atoms with Gasteiger partial charge in [0.25, 0.3) is 0 Å². The maximum Gasteiger partial charge on any atom is 0.224 e. The summed E-state index contributed by atoms with van der Waals surface area (Å²) in [4.78, 5) is 25.2. The van der Waals surface area contributed by atoms with Gasteiger partial charge in [0.1, 0.15) is 17.9 Å². The number of amides is 1. The lowest BCUT2D eigenvalue weighted by Gasteiger charge is -2.40. The highest BCUT2D eigenvalue weighted by atomic mass is 16.5. The van der Waals surface area contributed by atoms with Crippen LogP contribution in [0.1, 0.15) is 32.8 Å². The minimum atomic E-state index is 0.154. The standard InChI is InChI=1S/C21H28N4O2/c1-15(2)10-21(26)25-9-8-24(13-17(25)4)19-12-20(23-14-22-19)27-18-7-5-6-16(3)11-18/h5-7,11-12,14-15,17H,8-10,13H2,1-4H3. The second-order valence-corrected chi connectivity index (χ2v) is 7.61. The SMILES string of the molecule is Cc1cccc(Oc2cc(N3CCN(C(=O)CC(C)C)C(C)C3)ncn2)c1. The van der Waals surface area contributed by atoms with E-state index in [9.17, 15) is 4.79 Å². The summed E-state index contributed by atoms with van der Waals surface area (Å²) in [5.74, 6) is 2.73. The van der Waals surface area contributed by atoms with E-state index in [0.29, 0.717) is 24.8 Å². The van der Waals surface area contributed by atoms with Crippen molar-refractivity contribution < 1.29 is 9.53 Å². The summed E-state index contributed by atoms with van der Waals surface area (Å²) in [5.41, 5.74) is 1.14. The highest BCUT2D eigenvalue weighted by molar-refractivity contribution is 5.77. The van der Waals surface area contributed by atoms with Crippen molar-refractivity contribution in [2.24, 2.45) is 5.92 Å². The van der Waals surface area contributed by atoms with Crippen LogP contribution in [0.3, 0.4) is 0 Å². The van der Waals surface area contributed by atoms with E-state index in [1.54, 1.807) is 0 Å². The van der Waals surface area contributed by atoms with Gasteiger partial charge in [-0.3, -0.25) is 4.79 Å². The molecular weight excluding hydrogens is 340 g/mol. The van der Waals surface area contributed by atoms with Crippen molar-refractivity contribution in [3.05, 3.63) is 42.2 Å². The number of carbonyl (C=O) groups is 1. The summed E-state index contributed by atoms with van der Waals surface area (Å²) in [6.45, 7) is 10.5. The molecule has 1 unspecified atom stereocenters. The van der Waals surface area contributed by atoms with E-state index in [1.807, 2.05) is 42.2 Å². The van der Waals surface area contributed by atoms with Gasteiger partial charge in [0, 0.05) is 38.2 Å². The zero-order valence-electron chi connectivity index (χ0n) is 16.6. The van der Waals surface area contributed by atoms with Gasteiger partial charge in [-0.1, -0.05) is 26.0 Å². The van der Waals surface area contributed by atoms with Gasteiger partial charge in [0.05, 0.1) is 0 Å². The first-order valence-electron chi connectivity index (χ1n) is 9.53. The Balaban J connectivity index is 1.66. The van der Waals surface area contributed by atoms with E-state index < -0.39 is 0 Å². The molecule has 1 aromatic heterocycles. The number of ether oxygens (including phenoxy) is 1. The average Bonchev–Trinajstić information content (AvgIpc) is 2.61. The number of rotatable bonds is 5. The number of benzene rings is 1. The number of hydrogen-bond acceptors (Lipinski definition) is 5. The maximum absolute atomic E-state index is 12.4. The lowest BCUT2D eigenvalue weighted by atomic mass is 10.1. The fourth-order valence-corrected chi connectivity index (χ4v) is 3.36. The Kier molecular flexibility index (Phi) is 5.94. The topological polar surface area (TPSA) is 58.6 Å². The molecule has 1 saturated heterocycles. The Labute approximate surface area is 161 Å². The largest absolute Gasteiger partial charge is 0.439 e. The molecule has 3 rings (SSSR count). The molecule has 0 bridgehead atoms. The molecule has 2 aromatic rings. The highest BCUT2D eigenvalue weighted by Crippen LogP contribution is 2.24. The van der Waals surface area contributed by atoms with Crippen molar-refractivity contribution in [1.29, 1.82) is 0 Å². The summed E-state index contributed by atoms with van der Waals surface area (Å²) >= 11 is 0. The first kappa shape index (κ1) is 19.1. The summed E-state index contributed by atoms with van der Waals surface area (Å²) in [6.07, 6.45) is 2.13. The fourth-order valence-electron chi connectivity index (χ4n) is 3.36. The molecule has 2 heterocycles. The van der Waals surface area contributed by atoms with E-state index in [0.717, 1.165) is 30.2 Å². The number of hydrogen-bond donors (Lipinski definition) is 0. The van der Waals surface area contributed by atoms with Crippen LogP contribution in [0.25, 0.3) is 0 Å². The lowest BCUT2D eigenvalue weighted by Crippen LogP contribution is -2.54. The van der Waals surface area contributed by atoms with Gasteiger partial charge in [-0.15, -0.1) is 0 Å². The third-order valence-electron chi connectivity index (χ3n) is 4.69. The number of aromatic nitrogens is 2. The molecule has 1 aromatic carbocycles. The Morgan fingerprint density at radius 3 is 2.78 bits per heavy atom. The number of aryl methyl sites for hydroxylation is 1. The Bertz CT molecular complexity index is 793. The molecule has 6 heteroatoms. The van der Waals surface area contributed by atoms with Crippen LogP contribution >= 0.6 is 0 Å². The fraction of sp³-hybridized carbons (Fsp3) is 0.476. The summed E-state index contributed by atoms with van der Waals surface area (Å²) < 4.78 is 5.88. The average molecular weight is 368 g/mol. The molecule has 0 N–H and O–H groups in total. The van der Waals surface area contributed by atoms with Crippen LogP contribution < -0.4 is 9.64 Å². The molecule has 1 amide bonds. The smallest absolute Gasteiger partial charge is 0.224 e. The van der Waals surface area contributed by atoms with Crippen LogP contribution in [0.2, 0.25) is 0 Å². The zero-order valence-corrected chi connectivity index (χ0v) is 16.6. The monoisotopic (exact) mass is 368 g/mol. The number of anilines is 1. The first-order chi connectivity index (χ1) is 12.9. The Morgan fingerprint density at radius 1 is 1.26 bits per heavy atom. The molecule has 27 heavy (non-hydrogen) atoms. The molecule has 0 spiro atoms. The quantitative estimate of drug-likeness (QED) is 0.806. The molecular formula is C21H28N4O2. The first-order valence-corrected chi connectivity index (χ1v) is 9.53. The van der Waals surface area contributed by atoms with E-state index in [4.69, 9.17) is 4.74 Å². The van der Waals surface area contributed by atoms with Gasteiger partial charge in [-0.05, 0) is 37.5 Å². The molecule has 0 aliphatic carbocycles. The Morgan fingerprint density at radius 2 is 2.07 bits per heavy atom. The lowest BCUT2D eigenvalue weighted by molar-refractivity contribution is -0.134. The van der Waals surface area contributed by atoms with Crippen LogP contribution in [-0.2, 0) is 4.79 Å². The van der Waals surface area contributed by atoms with Crippen molar-refractivity contribution >= 4 is 11.7 Å². The van der Waals surface area contributed by atoms with Crippen LogP contribution in [0.5, 0.6) is 11.6 Å². The molecule has 144 valence electrons. The third kappa shape index (κ3) is 4.96. The van der Waals surface area contributed by atoms with Gasteiger partial charge in [0.15, 0.2) is 0 Å². The van der Waals surface area contributed by atoms with Crippen molar-refractivity contribution in [3.63, 3.8) is 0 Å². The molecule has 1 aliphatic rings. The van der Waals surface area contributed by atoms with Gasteiger partial charge >= 0.3 is 0 Å². The van der Waals surface area contributed by atoms with Crippen molar-refractivity contribution in [2.45, 2.75) is 40.2 Å². The summed E-state index contributed by atoms with van der Waals surface area (Å²) in [6, 6.07) is 9.89. The van der Waals surface area contributed by atoms with Crippen molar-refractivity contribution in [3.8, 4) is 11.6 Å². The number of piperazine rings is 1. The number of nitrogens with zero attached hydrogens (tertiary/aromatic N) is 4. The van der Waals surface area contributed by atoms with Gasteiger partial charge in [0.2, 0.25) is 11.8 Å². The van der Waals surface area contributed by atoms with Crippen molar-refractivity contribution in [2.75, 3.05) is 24.5 Å². The second kappa shape index (κ2) is 8.37. The molecule has 6 nitrogen and oxygen atoms in total. The zero-order chi connectivity index (χ0) is 19.4. The van der Waals surface area contributed by atoms with Crippen molar-refractivity contribution in [1.82, 2.24) is 14.9 Å². The minimum Gasteiger partial charge on any atom is -0.439 e. The molecule has 1 aliphatic heterocycles. The van der Waals surface area contributed by atoms with Gasteiger partial charge in [-0.25, -0.2) is 9.97 Å².